The molecule has 1 unspecified atom stereocenters. The molecule has 0 aliphatic heterocycles. The molecule has 0 amide bonds. The normalized spacial score (nSPS) is 25.9. The van der Waals surface area contributed by atoms with Crippen LogP contribution in [0.5, 0.6) is 0 Å². The Bertz CT molecular complexity index is 192. The SMILES string of the molecule is CCOC(=O)CC1CCC(F)(F)C1. The van der Waals surface area contributed by atoms with Gasteiger partial charge in [-0.3, -0.25) is 4.79 Å². The van der Waals surface area contributed by atoms with E-state index in [1.54, 1.807) is 6.92 Å². The van der Waals surface area contributed by atoms with E-state index in [0.717, 1.165) is 0 Å². The Balaban J connectivity index is 2.28. The van der Waals surface area contributed by atoms with Crippen LogP contribution in [0.1, 0.15) is 32.6 Å². The third-order valence-electron chi connectivity index (χ3n) is 2.27. The highest BCUT2D eigenvalue weighted by molar-refractivity contribution is 5.69. The molecule has 13 heavy (non-hydrogen) atoms. The first-order valence-corrected chi connectivity index (χ1v) is 4.57. The maximum Gasteiger partial charge on any atom is 0.306 e. The number of alkyl halides is 2. The molecule has 2 nitrogen and oxygen atoms in total. The topological polar surface area (TPSA) is 26.3 Å². The molecule has 1 aliphatic rings. The summed E-state index contributed by atoms with van der Waals surface area (Å²) in [5, 5.41) is 0. The highest BCUT2D eigenvalue weighted by atomic mass is 19.3. The quantitative estimate of drug-likeness (QED) is 0.642. The predicted octanol–water partition coefficient (Wildman–Crippen LogP) is 2.38. The van der Waals surface area contributed by atoms with Gasteiger partial charge < -0.3 is 4.74 Å². The first-order valence-electron chi connectivity index (χ1n) is 4.57. The van der Waals surface area contributed by atoms with E-state index in [9.17, 15) is 13.6 Å². The number of hydrogen-bond donors (Lipinski definition) is 0. The van der Waals surface area contributed by atoms with E-state index in [4.69, 9.17) is 0 Å². The van der Waals surface area contributed by atoms with E-state index in [1.165, 1.54) is 0 Å². The fourth-order valence-corrected chi connectivity index (χ4v) is 1.67. The van der Waals surface area contributed by atoms with Crippen molar-refractivity contribution in [3.8, 4) is 0 Å². The number of hydrogen-bond acceptors (Lipinski definition) is 2. The van der Waals surface area contributed by atoms with Crippen molar-refractivity contribution >= 4 is 5.97 Å². The lowest BCUT2D eigenvalue weighted by atomic mass is 10.0. The zero-order valence-electron chi connectivity index (χ0n) is 7.69. The molecule has 0 aromatic heterocycles. The number of esters is 1. The average Bonchev–Trinajstić information content (AvgIpc) is 2.30. The Hall–Kier alpha value is -0.670. The van der Waals surface area contributed by atoms with Crippen molar-refractivity contribution in [1.29, 1.82) is 0 Å². The minimum Gasteiger partial charge on any atom is -0.466 e. The minimum absolute atomic E-state index is 0.0862. The van der Waals surface area contributed by atoms with Crippen LogP contribution in [0.25, 0.3) is 0 Å². The molecule has 0 aromatic carbocycles. The van der Waals surface area contributed by atoms with Crippen LogP contribution in [0.2, 0.25) is 0 Å². The van der Waals surface area contributed by atoms with Crippen molar-refractivity contribution in [2.75, 3.05) is 6.61 Å². The largest absolute Gasteiger partial charge is 0.466 e. The zero-order valence-corrected chi connectivity index (χ0v) is 7.69. The molecule has 4 heteroatoms. The van der Waals surface area contributed by atoms with Crippen LogP contribution in [-0.4, -0.2) is 18.5 Å². The second-order valence-electron chi connectivity index (χ2n) is 3.47. The number of halogens is 2. The summed E-state index contributed by atoms with van der Waals surface area (Å²) in [7, 11) is 0. The van der Waals surface area contributed by atoms with E-state index >= 15 is 0 Å². The lowest BCUT2D eigenvalue weighted by Crippen LogP contribution is -2.13. The Morgan fingerprint density at radius 1 is 1.62 bits per heavy atom. The van der Waals surface area contributed by atoms with E-state index in [0.29, 0.717) is 13.0 Å². The van der Waals surface area contributed by atoms with Gasteiger partial charge in [0.15, 0.2) is 0 Å². The molecule has 1 rings (SSSR count). The van der Waals surface area contributed by atoms with Crippen LogP contribution in [0.3, 0.4) is 0 Å². The molecule has 0 heterocycles. The highest BCUT2D eigenvalue weighted by Crippen LogP contribution is 2.40. The smallest absolute Gasteiger partial charge is 0.306 e. The lowest BCUT2D eigenvalue weighted by Gasteiger charge is -2.09. The molecule has 0 spiro atoms. The summed E-state index contributed by atoms with van der Waals surface area (Å²) >= 11 is 0. The number of ether oxygens (including phenoxy) is 1. The Morgan fingerprint density at radius 3 is 2.77 bits per heavy atom. The summed E-state index contributed by atoms with van der Waals surface area (Å²) < 4.78 is 30.0. The fourth-order valence-electron chi connectivity index (χ4n) is 1.67. The summed E-state index contributed by atoms with van der Waals surface area (Å²) in [6, 6.07) is 0. The van der Waals surface area contributed by atoms with Crippen LogP contribution in [0.4, 0.5) is 8.78 Å². The van der Waals surface area contributed by atoms with E-state index in [-0.39, 0.29) is 31.1 Å². The van der Waals surface area contributed by atoms with E-state index in [2.05, 4.69) is 4.74 Å². The van der Waals surface area contributed by atoms with Crippen LogP contribution in [-0.2, 0) is 9.53 Å². The number of carbonyl (C=O) groups excluding carboxylic acids is 1. The second-order valence-corrected chi connectivity index (χ2v) is 3.47. The summed E-state index contributed by atoms with van der Waals surface area (Å²) in [5.74, 6) is -3.10. The van der Waals surface area contributed by atoms with Crippen molar-refractivity contribution in [1.82, 2.24) is 0 Å². The third kappa shape index (κ3) is 3.28. The molecule has 1 saturated carbocycles. The summed E-state index contributed by atoms with van der Waals surface area (Å²) in [6.07, 6.45) is 0.331. The third-order valence-corrected chi connectivity index (χ3v) is 2.27. The van der Waals surface area contributed by atoms with Gasteiger partial charge in [0.25, 0.3) is 0 Å². The van der Waals surface area contributed by atoms with Gasteiger partial charge in [0.2, 0.25) is 5.92 Å². The Morgan fingerprint density at radius 2 is 2.31 bits per heavy atom. The first-order chi connectivity index (χ1) is 6.03. The predicted molar refractivity (Wildman–Crippen MR) is 43.5 cm³/mol. The van der Waals surface area contributed by atoms with Gasteiger partial charge in [-0.15, -0.1) is 0 Å². The summed E-state index contributed by atoms with van der Waals surface area (Å²) in [4.78, 5) is 10.9. The summed E-state index contributed by atoms with van der Waals surface area (Å²) in [6.45, 7) is 2.03. The molecule has 0 saturated heterocycles. The standard InChI is InChI=1S/C9H14F2O2/c1-2-13-8(12)5-7-3-4-9(10,11)6-7/h7H,2-6H2,1H3. The van der Waals surface area contributed by atoms with Gasteiger partial charge in [0, 0.05) is 19.3 Å². The minimum atomic E-state index is -2.56. The highest BCUT2D eigenvalue weighted by Gasteiger charge is 2.40. The van der Waals surface area contributed by atoms with Gasteiger partial charge in [0.1, 0.15) is 0 Å². The first kappa shape index (κ1) is 10.4. The van der Waals surface area contributed by atoms with Crippen molar-refractivity contribution in [2.24, 2.45) is 5.92 Å². The van der Waals surface area contributed by atoms with Gasteiger partial charge in [-0.1, -0.05) is 0 Å². The molecule has 0 bridgehead atoms. The van der Waals surface area contributed by atoms with Crippen LogP contribution in [0, 0.1) is 5.92 Å². The van der Waals surface area contributed by atoms with Crippen LogP contribution < -0.4 is 0 Å². The molecular weight excluding hydrogens is 178 g/mol. The van der Waals surface area contributed by atoms with Crippen molar-refractivity contribution < 1.29 is 18.3 Å². The molecule has 76 valence electrons. The van der Waals surface area contributed by atoms with Crippen LogP contribution in [0.15, 0.2) is 0 Å². The monoisotopic (exact) mass is 192 g/mol. The maximum absolute atomic E-state index is 12.7. The molecule has 0 aromatic rings. The molecule has 0 radical (unpaired) electrons. The molecule has 1 aliphatic carbocycles. The second kappa shape index (κ2) is 4.03. The van der Waals surface area contributed by atoms with Gasteiger partial charge in [-0.25, -0.2) is 8.78 Å². The maximum atomic E-state index is 12.7. The Labute approximate surface area is 76.3 Å². The van der Waals surface area contributed by atoms with Crippen molar-refractivity contribution in [2.45, 2.75) is 38.5 Å². The zero-order chi connectivity index (χ0) is 9.90. The van der Waals surface area contributed by atoms with E-state index in [1.807, 2.05) is 0 Å². The average molecular weight is 192 g/mol. The number of rotatable bonds is 3. The van der Waals surface area contributed by atoms with Gasteiger partial charge in [0.05, 0.1) is 6.61 Å². The number of carbonyl (C=O) groups is 1. The molecule has 1 fully saturated rings. The van der Waals surface area contributed by atoms with Crippen molar-refractivity contribution in [3.63, 3.8) is 0 Å². The fraction of sp³-hybridized carbons (Fsp3) is 0.889. The van der Waals surface area contributed by atoms with Gasteiger partial charge in [-0.2, -0.15) is 0 Å². The Kier molecular flexibility index (Phi) is 3.22. The molecule has 0 N–H and O–H groups in total. The van der Waals surface area contributed by atoms with Gasteiger partial charge in [-0.05, 0) is 19.3 Å². The van der Waals surface area contributed by atoms with Crippen molar-refractivity contribution in [3.05, 3.63) is 0 Å². The molecule has 1 atom stereocenters. The van der Waals surface area contributed by atoms with Gasteiger partial charge >= 0.3 is 5.97 Å². The van der Waals surface area contributed by atoms with Crippen LogP contribution >= 0.6 is 0 Å². The lowest BCUT2D eigenvalue weighted by molar-refractivity contribution is -0.144. The molecular formula is C9H14F2O2. The van der Waals surface area contributed by atoms with E-state index < -0.39 is 5.92 Å². The summed E-state index contributed by atoms with van der Waals surface area (Å²) in [5.41, 5.74) is 0.